The van der Waals surface area contributed by atoms with Crippen LogP contribution >= 0.6 is 28.1 Å². The third-order valence-electron chi connectivity index (χ3n) is 3.53. The van der Waals surface area contributed by atoms with Crippen LogP contribution < -0.4 is 0 Å². The van der Waals surface area contributed by atoms with Crippen molar-refractivity contribution in [3.05, 3.63) is 27.2 Å². The second kappa shape index (κ2) is 4.43. The van der Waals surface area contributed by atoms with Gasteiger partial charge in [0.25, 0.3) is 0 Å². The molecule has 0 aliphatic heterocycles. The zero-order chi connectivity index (χ0) is 12.9. The minimum Gasteiger partial charge on any atom is -0.381 e. The number of benzene rings is 1. The molecule has 1 fully saturated rings. The summed E-state index contributed by atoms with van der Waals surface area (Å²) in [6.45, 7) is 0. The van der Waals surface area contributed by atoms with Crippen molar-refractivity contribution >= 4 is 39.2 Å². The number of fused-ring (bicyclic) bond motifs is 1. The first-order valence-electron chi connectivity index (χ1n) is 5.72. The molecule has 0 bridgehead atoms. The molecular weight excluding hydrogens is 319 g/mol. The van der Waals surface area contributed by atoms with Crippen LogP contribution in [0.5, 0.6) is 0 Å². The summed E-state index contributed by atoms with van der Waals surface area (Å²) in [6, 6.07) is 3.59. The first-order chi connectivity index (χ1) is 8.60. The molecule has 1 aromatic carbocycles. The van der Waals surface area contributed by atoms with Crippen molar-refractivity contribution in [1.29, 1.82) is 0 Å². The Morgan fingerprint density at radius 1 is 1.50 bits per heavy atom. The number of nitrogens with one attached hydrogen (secondary N) is 1. The molecule has 0 atom stereocenters. The summed E-state index contributed by atoms with van der Waals surface area (Å²) in [4.78, 5) is 3.05. The number of aromatic nitrogens is 2. The minimum absolute atomic E-state index is 0.283. The fraction of sp³-hybridized carbons (Fsp3) is 0.417. The van der Waals surface area contributed by atoms with E-state index in [1.54, 1.807) is 13.2 Å². The third-order valence-corrected chi connectivity index (χ3v) is 4.43. The molecule has 18 heavy (non-hydrogen) atoms. The van der Waals surface area contributed by atoms with E-state index in [2.05, 4.69) is 25.5 Å². The van der Waals surface area contributed by atoms with Gasteiger partial charge in [-0.3, -0.25) is 0 Å². The maximum Gasteiger partial charge on any atom is 0.178 e. The predicted octanol–water partition coefficient (Wildman–Crippen LogP) is 3.95. The van der Waals surface area contributed by atoms with Crippen LogP contribution in [0.25, 0.3) is 11.0 Å². The normalized spacial score (nSPS) is 23.3. The molecule has 3 nitrogen and oxygen atoms in total. The lowest BCUT2D eigenvalue weighted by Crippen LogP contribution is -2.32. The van der Waals surface area contributed by atoms with Gasteiger partial charge in [0.2, 0.25) is 0 Å². The predicted molar refractivity (Wildman–Crippen MR) is 73.8 cm³/mol. The standard InChI is InChI=1S/C12H12BrFN2OS/c1-17-7-2-6(3-7)16-11-4-8(13)9(14)5-10(11)15-12(16)18/h4-7H,2-3H2,1H3,(H,15,18). The number of aromatic amines is 1. The molecule has 0 saturated heterocycles. The molecule has 0 spiro atoms. The summed E-state index contributed by atoms with van der Waals surface area (Å²) in [5.41, 5.74) is 1.68. The van der Waals surface area contributed by atoms with E-state index in [9.17, 15) is 4.39 Å². The van der Waals surface area contributed by atoms with Crippen molar-refractivity contribution in [3.8, 4) is 0 Å². The number of H-pyrrole nitrogens is 1. The Hall–Kier alpha value is -0.720. The Bertz CT molecular complexity index is 660. The fourth-order valence-electron chi connectivity index (χ4n) is 2.42. The molecule has 6 heteroatoms. The lowest BCUT2D eigenvalue weighted by molar-refractivity contribution is 0.00697. The average Bonchev–Trinajstić information content (AvgIpc) is 2.55. The lowest BCUT2D eigenvalue weighted by atomic mass is 9.89. The highest BCUT2D eigenvalue weighted by Gasteiger charge is 2.31. The van der Waals surface area contributed by atoms with Crippen molar-refractivity contribution in [2.75, 3.05) is 7.11 Å². The van der Waals surface area contributed by atoms with Crippen molar-refractivity contribution in [2.24, 2.45) is 0 Å². The van der Waals surface area contributed by atoms with E-state index in [1.807, 2.05) is 0 Å². The molecular formula is C12H12BrFN2OS. The summed E-state index contributed by atoms with van der Waals surface area (Å²) >= 11 is 8.53. The van der Waals surface area contributed by atoms with Gasteiger partial charge in [0.1, 0.15) is 5.82 Å². The molecule has 2 aromatic rings. The summed E-state index contributed by atoms with van der Waals surface area (Å²) in [6.07, 6.45) is 2.21. The fourth-order valence-corrected chi connectivity index (χ4v) is 3.11. The molecule has 1 N–H and O–H groups in total. The molecule has 1 saturated carbocycles. The van der Waals surface area contributed by atoms with Gasteiger partial charge in [0.15, 0.2) is 4.77 Å². The van der Waals surface area contributed by atoms with Crippen LogP contribution in [0, 0.1) is 10.6 Å². The van der Waals surface area contributed by atoms with Crippen LogP contribution in [-0.2, 0) is 4.74 Å². The van der Waals surface area contributed by atoms with Crippen LogP contribution in [-0.4, -0.2) is 22.8 Å². The largest absolute Gasteiger partial charge is 0.381 e. The van der Waals surface area contributed by atoms with Gasteiger partial charge in [0, 0.05) is 19.2 Å². The van der Waals surface area contributed by atoms with Crippen LogP contribution in [0.2, 0.25) is 0 Å². The summed E-state index contributed by atoms with van der Waals surface area (Å²) in [5, 5.41) is 0. The van der Waals surface area contributed by atoms with Crippen molar-refractivity contribution < 1.29 is 9.13 Å². The highest BCUT2D eigenvalue weighted by Crippen LogP contribution is 2.37. The Kier molecular flexibility index (Phi) is 3.03. The van der Waals surface area contributed by atoms with Gasteiger partial charge in [-0.1, -0.05) is 0 Å². The van der Waals surface area contributed by atoms with E-state index in [-0.39, 0.29) is 5.82 Å². The van der Waals surface area contributed by atoms with Gasteiger partial charge in [-0.15, -0.1) is 0 Å². The number of ether oxygens (including phenoxy) is 1. The number of rotatable bonds is 2. The van der Waals surface area contributed by atoms with Crippen LogP contribution in [0.4, 0.5) is 4.39 Å². The van der Waals surface area contributed by atoms with Gasteiger partial charge >= 0.3 is 0 Å². The molecule has 96 valence electrons. The third kappa shape index (κ3) is 1.83. The zero-order valence-corrected chi connectivity index (χ0v) is 12.1. The second-order valence-electron chi connectivity index (χ2n) is 4.57. The van der Waals surface area contributed by atoms with Crippen molar-refractivity contribution in [3.63, 3.8) is 0 Å². The monoisotopic (exact) mass is 330 g/mol. The number of halogens is 2. The number of hydrogen-bond donors (Lipinski definition) is 1. The van der Waals surface area contributed by atoms with Gasteiger partial charge in [-0.05, 0) is 47.1 Å². The zero-order valence-electron chi connectivity index (χ0n) is 9.74. The highest BCUT2D eigenvalue weighted by molar-refractivity contribution is 9.10. The molecule has 0 unspecified atom stereocenters. The van der Waals surface area contributed by atoms with Crippen LogP contribution in [0.15, 0.2) is 16.6 Å². The van der Waals surface area contributed by atoms with Crippen LogP contribution in [0.3, 0.4) is 0 Å². The van der Waals surface area contributed by atoms with Crippen LogP contribution in [0.1, 0.15) is 18.9 Å². The SMILES string of the molecule is COC1CC(n2c(=S)[nH]c3cc(F)c(Br)cc32)C1. The maximum absolute atomic E-state index is 13.5. The number of imidazole rings is 1. The minimum atomic E-state index is -0.283. The van der Waals surface area contributed by atoms with Crippen molar-refractivity contribution in [2.45, 2.75) is 25.0 Å². The first kappa shape index (κ1) is 12.3. The second-order valence-corrected chi connectivity index (χ2v) is 5.81. The topological polar surface area (TPSA) is 29.9 Å². The molecule has 1 aromatic heterocycles. The summed E-state index contributed by atoms with van der Waals surface area (Å²) in [7, 11) is 1.72. The molecule has 3 rings (SSSR count). The molecule has 0 radical (unpaired) electrons. The number of methoxy groups -OCH3 is 1. The molecule has 1 aliphatic rings. The number of nitrogens with zero attached hydrogens (tertiary/aromatic N) is 1. The van der Waals surface area contributed by atoms with E-state index in [0.717, 1.165) is 23.9 Å². The Morgan fingerprint density at radius 3 is 2.89 bits per heavy atom. The Labute approximate surface area is 117 Å². The van der Waals surface area contributed by atoms with E-state index < -0.39 is 0 Å². The average molecular weight is 331 g/mol. The molecule has 1 aliphatic carbocycles. The number of hydrogen-bond acceptors (Lipinski definition) is 2. The highest BCUT2D eigenvalue weighted by atomic mass is 79.9. The van der Waals surface area contributed by atoms with Gasteiger partial charge < -0.3 is 14.3 Å². The van der Waals surface area contributed by atoms with Gasteiger partial charge in [-0.2, -0.15) is 0 Å². The lowest BCUT2D eigenvalue weighted by Gasteiger charge is -2.35. The summed E-state index contributed by atoms with van der Waals surface area (Å²) < 4.78 is 21.9. The Morgan fingerprint density at radius 2 is 2.22 bits per heavy atom. The van der Waals surface area contributed by atoms with E-state index in [0.29, 0.717) is 21.4 Å². The molecule has 0 amide bonds. The maximum atomic E-state index is 13.5. The summed E-state index contributed by atoms with van der Waals surface area (Å²) in [5.74, 6) is -0.283. The van der Waals surface area contributed by atoms with Gasteiger partial charge in [-0.25, -0.2) is 4.39 Å². The Balaban J connectivity index is 2.09. The van der Waals surface area contributed by atoms with Crippen molar-refractivity contribution in [1.82, 2.24) is 9.55 Å². The van der Waals surface area contributed by atoms with E-state index in [4.69, 9.17) is 17.0 Å². The van der Waals surface area contributed by atoms with E-state index >= 15 is 0 Å². The smallest absolute Gasteiger partial charge is 0.178 e. The van der Waals surface area contributed by atoms with E-state index in [1.165, 1.54) is 6.07 Å². The first-order valence-corrected chi connectivity index (χ1v) is 6.92. The quantitative estimate of drug-likeness (QED) is 0.845. The molecule has 1 heterocycles. The van der Waals surface area contributed by atoms with Gasteiger partial charge in [0.05, 0.1) is 21.6 Å².